The zero-order chi connectivity index (χ0) is 18.1. The van der Waals surface area contributed by atoms with Crippen LogP contribution in [0.4, 0.5) is 5.69 Å². The molecule has 2 unspecified atom stereocenters. The van der Waals surface area contributed by atoms with Crippen LogP contribution in [-0.4, -0.2) is 35.4 Å². The third-order valence-electron chi connectivity index (χ3n) is 4.40. The zero-order valence-electron chi connectivity index (χ0n) is 14.7. The van der Waals surface area contributed by atoms with Gasteiger partial charge in [0.05, 0.1) is 12.5 Å². The van der Waals surface area contributed by atoms with Crippen molar-refractivity contribution in [1.29, 1.82) is 0 Å². The van der Waals surface area contributed by atoms with Crippen molar-refractivity contribution in [3.63, 3.8) is 0 Å². The molecule has 1 saturated carbocycles. The maximum Gasteiger partial charge on any atom is 0.304 e. The summed E-state index contributed by atoms with van der Waals surface area (Å²) in [5, 5.41) is 11.5. The van der Waals surface area contributed by atoms with Gasteiger partial charge in [-0.1, -0.05) is 31.9 Å². The number of carboxylic acids is 1. The number of rotatable bonds is 9. The molecule has 0 aliphatic heterocycles. The van der Waals surface area contributed by atoms with Crippen LogP contribution in [0.2, 0.25) is 0 Å². The zero-order valence-corrected chi connectivity index (χ0v) is 15.5. The van der Waals surface area contributed by atoms with E-state index in [2.05, 4.69) is 12.2 Å². The number of ether oxygens (including phenoxy) is 1. The Balaban J connectivity index is 1.74. The summed E-state index contributed by atoms with van der Waals surface area (Å²) in [6, 6.07) is 7.65. The fraction of sp³-hybridized carbons (Fsp3) is 0.579. The van der Waals surface area contributed by atoms with E-state index in [0.29, 0.717) is 11.7 Å². The second kappa shape index (κ2) is 10.5. The third kappa shape index (κ3) is 7.48. The average molecular weight is 365 g/mol. The van der Waals surface area contributed by atoms with Gasteiger partial charge in [0.15, 0.2) is 0 Å². The lowest BCUT2D eigenvalue weighted by molar-refractivity contribution is -0.136. The lowest BCUT2D eigenvalue weighted by Gasteiger charge is -2.28. The van der Waals surface area contributed by atoms with E-state index in [1.165, 1.54) is 19.3 Å². The van der Waals surface area contributed by atoms with E-state index in [1.54, 1.807) is 11.8 Å². The molecule has 6 heteroatoms. The van der Waals surface area contributed by atoms with Crippen LogP contribution in [0.15, 0.2) is 24.3 Å². The van der Waals surface area contributed by atoms with Crippen LogP contribution in [-0.2, 0) is 20.1 Å². The van der Waals surface area contributed by atoms with Gasteiger partial charge < -0.3 is 15.2 Å². The Morgan fingerprint density at radius 2 is 2.12 bits per heavy atom. The minimum Gasteiger partial charge on any atom is -0.481 e. The number of thioether (sulfide) groups is 1. The quantitative estimate of drug-likeness (QED) is 0.649. The molecule has 1 fully saturated rings. The molecule has 0 heterocycles. The number of nitrogens with one attached hydrogen (secondary N) is 1. The lowest BCUT2D eigenvalue weighted by atomic mass is 9.88. The van der Waals surface area contributed by atoms with E-state index in [9.17, 15) is 9.59 Å². The molecule has 138 valence electrons. The SMILES string of the molecule is CC1CCCCC1OCC(=O)Nc1cccc(CSCCC(=O)O)c1. The summed E-state index contributed by atoms with van der Waals surface area (Å²) in [4.78, 5) is 22.6. The van der Waals surface area contributed by atoms with Crippen LogP contribution >= 0.6 is 11.8 Å². The van der Waals surface area contributed by atoms with Crippen molar-refractivity contribution in [3.8, 4) is 0 Å². The fourth-order valence-corrected chi connectivity index (χ4v) is 3.88. The first kappa shape index (κ1) is 19.8. The van der Waals surface area contributed by atoms with Gasteiger partial charge in [-0.3, -0.25) is 9.59 Å². The van der Waals surface area contributed by atoms with Crippen molar-refractivity contribution >= 4 is 29.3 Å². The fourth-order valence-electron chi connectivity index (χ4n) is 3.00. The molecule has 0 aromatic heterocycles. The predicted molar refractivity (Wildman–Crippen MR) is 101 cm³/mol. The van der Waals surface area contributed by atoms with E-state index >= 15 is 0 Å². The van der Waals surface area contributed by atoms with Crippen molar-refractivity contribution in [2.75, 3.05) is 17.7 Å². The molecule has 1 aliphatic carbocycles. The van der Waals surface area contributed by atoms with Crippen molar-refractivity contribution < 1.29 is 19.4 Å². The number of amides is 1. The standard InChI is InChI=1S/C19H27NO4S/c1-14-5-2-3-8-17(14)24-12-18(21)20-16-7-4-6-15(11-16)13-25-10-9-19(22)23/h4,6-7,11,14,17H,2-3,5,8-10,12-13H2,1H3,(H,20,21)(H,22,23). The number of carbonyl (C=O) groups excluding carboxylic acids is 1. The predicted octanol–water partition coefficient (Wildman–Crippen LogP) is 3.93. The first-order valence-electron chi connectivity index (χ1n) is 8.84. The molecule has 1 aliphatic rings. The molecular formula is C19H27NO4S. The van der Waals surface area contributed by atoms with Crippen molar-refractivity contribution in [3.05, 3.63) is 29.8 Å². The van der Waals surface area contributed by atoms with Crippen LogP contribution in [0.3, 0.4) is 0 Å². The Morgan fingerprint density at radius 1 is 1.32 bits per heavy atom. The van der Waals surface area contributed by atoms with Gasteiger partial charge in [-0.25, -0.2) is 0 Å². The van der Waals surface area contributed by atoms with Crippen LogP contribution in [0.25, 0.3) is 0 Å². The molecule has 2 rings (SSSR count). The van der Waals surface area contributed by atoms with Gasteiger partial charge in [0.2, 0.25) is 5.91 Å². The maximum absolute atomic E-state index is 12.1. The highest BCUT2D eigenvalue weighted by molar-refractivity contribution is 7.98. The summed E-state index contributed by atoms with van der Waals surface area (Å²) in [5.74, 6) is 0.925. The number of benzene rings is 1. The Labute approximate surface area is 153 Å². The monoisotopic (exact) mass is 365 g/mol. The Hall–Kier alpha value is -1.53. The van der Waals surface area contributed by atoms with Crippen LogP contribution in [0.5, 0.6) is 0 Å². The molecule has 2 N–H and O–H groups in total. The number of aliphatic carboxylic acids is 1. The third-order valence-corrected chi connectivity index (χ3v) is 5.43. The summed E-state index contributed by atoms with van der Waals surface area (Å²) < 4.78 is 5.79. The molecule has 1 amide bonds. The van der Waals surface area contributed by atoms with E-state index in [1.807, 2.05) is 24.3 Å². The number of hydrogen-bond acceptors (Lipinski definition) is 4. The highest BCUT2D eigenvalue weighted by Gasteiger charge is 2.22. The minimum absolute atomic E-state index is 0.0899. The summed E-state index contributed by atoms with van der Waals surface area (Å²) in [6.07, 6.45) is 5.00. The summed E-state index contributed by atoms with van der Waals surface area (Å²) in [6.45, 7) is 2.28. The number of carbonyl (C=O) groups is 2. The Bertz CT molecular complexity index is 578. The first-order chi connectivity index (χ1) is 12.0. The molecule has 0 saturated heterocycles. The van der Waals surface area contributed by atoms with Gasteiger partial charge in [0.25, 0.3) is 0 Å². The average Bonchev–Trinajstić information content (AvgIpc) is 2.58. The largest absolute Gasteiger partial charge is 0.481 e. The molecule has 0 radical (unpaired) electrons. The molecule has 1 aromatic carbocycles. The molecule has 0 spiro atoms. The summed E-state index contributed by atoms with van der Waals surface area (Å²) in [7, 11) is 0. The molecule has 25 heavy (non-hydrogen) atoms. The van der Waals surface area contributed by atoms with Crippen LogP contribution < -0.4 is 5.32 Å². The van der Waals surface area contributed by atoms with E-state index in [0.717, 1.165) is 23.4 Å². The smallest absolute Gasteiger partial charge is 0.304 e. The summed E-state index contributed by atoms with van der Waals surface area (Å²) >= 11 is 1.57. The topological polar surface area (TPSA) is 75.6 Å². The number of carboxylic acid groups (broad SMARTS) is 1. The Morgan fingerprint density at radius 3 is 2.88 bits per heavy atom. The minimum atomic E-state index is -0.777. The molecule has 0 bridgehead atoms. The van der Waals surface area contributed by atoms with Gasteiger partial charge in [-0.15, -0.1) is 0 Å². The van der Waals surface area contributed by atoms with Crippen molar-refractivity contribution in [1.82, 2.24) is 0 Å². The number of hydrogen-bond donors (Lipinski definition) is 2. The Kier molecular flexibility index (Phi) is 8.28. The number of anilines is 1. The second-order valence-electron chi connectivity index (χ2n) is 6.56. The highest BCUT2D eigenvalue weighted by atomic mass is 32.2. The normalized spacial score (nSPS) is 20.2. The van der Waals surface area contributed by atoms with Crippen LogP contribution in [0, 0.1) is 5.92 Å². The van der Waals surface area contributed by atoms with Gasteiger partial charge in [0.1, 0.15) is 6.61 Å². The first-order valence-corrected chi connectivity index (χ1v) is 10.00. The molecular weight excluding hydrogens is 338 g/mol. The lowest BCUT2D eigenvalue weighted by Crippen LogP contribution is -2.29. The van der Waals surface area contributed by atoms with Gasteiger partial charge >= 0.3 is 5.97 Å². The van der Waals surface area contributed by atoms with Gasteiger partial charge in [-0.2, -0.15) is 11.8 Å². The summed E-state index contributed by atoms with van der Waals surface area (Å²) in [5.41, 5.74) is 1.82. The second-order valence-corrected chi connectivity index (χ2v) is 7.66. The van der Waals surface area contributed by atoms with Crippen LogP contribution in [0.1, 0.15) is 44.6 Å². The van der Waals surface area contributed by atoms with E-state index in [4.69, 9.17) is 9.84 Å². The van der Waals surface area contributed by atoms with Gasteiger partial charge in [-0.05, 0) is 36.5 Å². The van der Waals surface area contributed by atoms with E-state index < -0.39 is 5.97 Å². The molecule has 2 atom stereocenters. The van der Waals surface area contributed by atoms with Crippen molar-refractivity contribution in [2.45, 2.75) is 50.9 Å². The maximum atomic E-state index is 12.1. The molecule has 1 aromatic rings. The van der Waals surface area contributed by atoms with E-state index in [-0.39, 0.29) is 25.0 Å². The van der Waals surface area contributed by atoms with Gasteiger partial charge in [0, 0.05) is 17.2 Å². The highest BCUT2D eigenvalue weighted by Crippen LogP contribution is 2.26. The molecule has 5 nitrogen and oxygen atoms in total. The van der Waals surface area contributed by atoms with Crippen molar-refractivity contribution in [2.24, 2.45) is 5.92 Å².